The molecule has 0 saturated carbocycles. The average molecular weight is 379 g/mol. The Morgan fingerprint density at radius 2 is 1.93 bits per heavy atom. The molecule has 0 fully saturated rings. The van der Waals surface area contributed by atoms with Crippen molar-refractivity contribution in [2.45, 2.75) is 34.2 Å². The maximum Gasteiger partial charge on any atom is 0.262 e. The molecule has 0 aliphatic heterocycles. The summed E-state index contributed by atoms with van der Waals surface area (Å²) in [5.41, 5.74) is 4.57. The number of Topliss-reactive ketones (excluding diaryl/α,β-unsaturated/α-hetero) is 1. The van der Waals surface area contributed by atoms with Crippen molar-refractivity contribution in [2.75, 3.05) is 0 Å². The van der Waals surface area contributed by atoms with Crippen LogP contribution in [0.4, 0.5) is 0 Å². The van der Waals surface area contributed by atoms with Crippen molar-refractivity contribution >= 4 is 38.2 Å². The summed E-state index contributed by atoms with van der Waals surface area (Å²) in [6.45, 7) is 7.89. The SMILES string of the molecule is Cc1ccc2c(C(=O)Cn3cnc4sc(C)c(C)c4c3=O)c(C)n(C)c2c1. The molecule has 6 heteroatoms. The maximum absolute atomic E-state index is 13.1. The van der Waals surface area contributed by atoms with Crippen LogP contribution < -0.4 is 5.56 Å². The van der Waals surface area contributed by atoms with Gasteiger partial charge in [0.15, 0.2) is 5.78 Å². The molecule has 0 amide bonds. The molecule has 3 aromatic heterocycles. The van der Waals surface area contributed by atoms with Crippen molar-refractivity contribution in [1.82, 2.24) is 14.1 Å². The van der Waals surface area contributed by atoms with Gasteiger partial charge in [-0.2, -0.15) is 0 Å². The number of nitrogens with zero attached hydrogens (tertiary/aromatic N) is 3. The fourth-order valence-electron chi connectivity index (χ4n) is 3.64. The van der Waals surface area contributed by atoms with Crippen LogP contribution in [0.2, 0.25) is 0 Å². The quantitative estimate of drug-likeness (QED) is 0.504. The lowest BCUT2D eigenvalue weighted by Crippen LogP contribution is -2.25. The summed E-state index contributed by atoms with van der Waals surface area (Å²) in [6.07, 6.45) is 1.49. The number of hydrogen-bond acceptors (Lipinski definition) is 4. The van der Waals surface area contributed by atoms with E-state index >= 15 is 0 Å². The van der Waals surface area contributed by atoms with E-state index < -0.39 is 0 Å². The van der Waals surface area contributed by atoms with Gasteiger partial charge in [-0.25, -0.2) is 4.98 Å². The van der Waals surface area contributed by atoms with E-state index in [1.807, 2.05) is 51.4 Å². The number of thiophene rings is 1. The molecule has 0 bridgehead atoms. The minimum absolute atomic E-state index is 0.00998. The minimum atomic E-state index is -0.149. The summed E-state index contributed by atoms with van der Waals surface area (Å²) in [5, 5.41) is 1.55. The Kier molecular flexibility index (Phi) is 4.03. The van der Waals surface area contributed by atoms with E-state index in [-0.39, 0.29) is 17.9 Å². The lowest BCUT2D eigenvalue weighted by atomic mass is 10.1. The molecule has 0 atom stereocenters. The van der Waals surface area contributed by atoms with Crippen molar-refractivity contribution < 1.29 is 4.79 Å². The molecular weight excluding hydrogens is 358 g/mol. The first-order chi connectivity index (χ1) is 12.8. The van der Waals surface area contributed by atoms with Gasteiger partial charge in [0.05, 0.1) is 18.3 Å². The number of carbonyl (C=O) groups excluding carboxylic acids is 1. The van der Waals surface area contributed by atoms with Gasteiger partial charge in [0.1, 0.15) is 4.83 Å². The molecule has 5 nitrogen and oxygen atoms in total. The van der Waals surface area contributed by atoms with E-state index in [2.05, 4.69) is 11.1 Å². The van der Waals surface area contributed by atoms with E-state index in [0.29, 0.717) is 10.9 Å². The van der Waals surface area contributed by atoms with Crippen LogP contribution in [0.15, 0.2) is 29.3 Å². The van der Waals surface area contributed by atoms with Crippen LogP contribution >= 0.6 is 11.3 Å². The highest BCUT2D eigenvalue weighted by atomic mass is 32.1. The average Bonchev–Trinajstić information content (AvgIpc) is 3.05. The highest BCUT2D eigenvalue weighted by Crippen LogP contribution is 2.27. The lowest BCUT2D eigenvalue weighted by molar-refractivity contribution is 0.0971. The van der Waals surface area contributed by atoms with Crippen LogP contribution in [0, 0.1) is 27.7 Å². The second-order valence-corrected chi connectivity index (χ2v) is 8.31. The fraction of sp³-hybridized carbons (Fsp3) is 0.286. The first kappa shape index (κ1) is 17.7. The van der Waals surface area contributed by atoms with Crippen molar-refractivity contribution in [2.24, 2.45) is 7.05 Å². The number of ketones is 1. The summed E-state index contributed by atoms with van der Waals surface area (Å²) in [6, 6.07) is 6.08. The van der Waals surface area contributed by atoms with Gasteiger partial charge in [-0.15, -0.1) is 11.3 Å². The molecule has 0 radical (unpaired) electrons. The largest absolute Gasteiger partial charge is 0.347 e. The van der Waals surface area contributed by atoms with Gasteiger partial charge in [-0.1, -0.05) is 12.1 Å². The lowest BCUT2D eigenvalue weighted by Gasteiger charge is -2.06. The van der Waals surface area contributed by atoms with E-state index in [0.717, 1.165) is 37.4 Å². The van der Waals surface area contributed by atoms with E-state index in [9.17, 15) is 9.59 Å². The third kappa shape index (κ3) is 2.63. The molecule has 0 aliphatic carbocycles. The predicted molar refractivity (Wildman–Crippen MR) is 110 cm³/mol. The Balaban J connectivity index is 1.82. The van der Waals surface area contributed by atoms with E-state index in [1.54, 1.807) is 0 Å². The van der Waals surface area contributed by atoms with Gasteiger partial charge < -0.3 is 4.57 Å². The first-order valence-corrected chi connectivity index (χ1v) is 9.65. The highest BCUT2D eigenvalue weighted by Gasteiger charge is 2.20. The van der Waals surface area contributed by atoms with Crippen molar-refractivity contribution in [1.29, 1.82) is 0 Å². The zero-order valence-electron chi connectivity index (χ0n) is 16.1. The second-order valence-electron chi connectivity index (χ2n) is 7.10. The molecule has 4 aromatic rings. The van der Waals surface area contributed by atoms with Gasteiger partial charge >= 0.3 is 0 Å². The molecule has 138 valence electrons. The van der Waals surface area contributed by atoms with E-state index in [1.165, 1.54) is 22.2 Å². The normalized spacial score (nSPS) is 11.6. The second kappa shape index (κ2) is 6.16. The van der Waals surface area contributed by atoms with E-state index in [4.69, 9.17) is 0 Å². The summed E-state index contributed by atoms with van der Waals surface area (Å²) >= 11 is 1.51. The van der Waals surface area contributed by atoms with Gasteiger partial charge in [0.25, 0.3) is 5.56 Å². The van der Waals surface area contributed by atoms with Crippen LogP contribution in [0.5, 0.6) is 0 Å². The molecule has 4 rings (SSSR count). The number of rotatable bonds is 3. The Labute approximate surface area is 160 Å². The summed E-state index contributed by atoms with van der Waals surface area (Å²) in [4.78, 5) is 32.2. The molecule has 3 heterocycles. The smallest absolute Gasteiger partial charge is 0.262 e. The minimum Gasteiger partial charge on any atom is -0.347 e. The predicted octanol–water partition coefficient (Wildman–Crippen LogP) is 4.07. The molecule has 0 N–H and O–H groups in total. The molecule has 0 unspecified atom stereocenters. The molecular formula is C21H21N3O2S. The molecule has 0 saturated heterocycles. The number of carbonyl (C=O) groups is 1. The molecule has 0 aliphatic rings. The zero-order chi connectivity index (χ0) is 19.5. The van der Waals surface area contributed by atoms with Crippen molar-refractivity contribution in [3.8, 4) is 0 Å². The van der Waals surface area contributed by atoms with Crippen molar-refractivity contribution in [3.05, 3.63) is 62.1 Å². The zero-order valence-corrected chi connectivity index (χ0v) is 16.9. The van der Waals surface area contributed by atoms with Gasteiger partial charge in [-0.05, 0) is 44.9 Å². The third-order valence-corrected chi connectivity index (χ3v) is 6.51. The summed E-state index contributed by atoms with van der Waals surface area (Å²) in [7, 11) is 1.96. The van der Waals surface area contributed by atoms with Gasteiger partial charge in [0, 0.05) is 34.1 Å². The number of benzene rings is 1. The molecule has 27 heavy (non-hydrogen) atoms. The molecule has 1 aromatic carbocycles. The van der Waals surface area contributed by atoms with Gasteiger partial charge in [0.2, 0.25) is 0 Å². The third-order valence-electron chi connectivity index (χ3n) is 5.40. The Bertz CT molecular complexity index is 1290. The summed E-state index contributed by atoms with van der Waals surface area (Å²) < 4.78 is 3.46. The van der Waals surface area contributed by atoms with Crippen LogP contribution in [-0.4, -0.2) is 19.9 Å². The maximum atomic E-state index is 13.1. The monoisotopic (exact) mass is 379 g/mol. The number of aryl methyl sites for hydroxylation is 4. The molecule has 0 spiro atoms. The Morgan fingerprint density at radius 1 is 1.19 bits per heavy atom. The van der Waals surface area contributed by atoms with Crippen LogP contribution in [0.25, 0.3) is 21.1 Å². The number of hydrogen-bond donors (Lipinski definition) is 0. The number of fused-ring (bicyclic) bond motifs is 2. The topological polar surface area (TPSA) is 56.9 Å². The van der Waals surface area contributed by atoms with Crippen LogP contribution in [0.1, 0.15) is 32.1 Å². The van der Waals surface area contributed by atoms with Crippen LogP contribution in [-0.2, 0) is 13.6 Å². The van der Waals surface area contributed by atoms with Crippen LogP contribution in [0.3, 0.4) is 0 Å². The highest BCUT2D eigenvalue weighted by molar-refractivity contribution is 7.18. The standard InChI is InChI=1S/C21H21N3O2S/c1-11-6-7-15-16(8-11)23(5)13(3)19(15)17(25)9-24-10-22-20-18(21(24)26)12(2)14(4)27-20/h6-8,10H,9H2,1-5H3. The number of aromatic nitrogens is 3. The van der Waals surface area contributed by atoms with Crippen molar-refractivity contribution in [3.63, 3.8) is 0 Å². The first-order valence-electron chi connectivity index (χ1n) is 8.83. The fourth-order valence-corrected chi connectivity index (χ4v) is 4.63. The Hall–Kier alpha value is -2.73. The Morgan fingerprint density at radius 3 is 2.67 bits per heavy atom. The summed E-state index contributed by atoms with van der Waals surface area (Å²) in [5.74, 6) is -0.0743. The van der Waals surface area contributed by atoms with Gasteiger partial charge in [-0.3, -0.25) is 14.2 Å².